The molecule has 2 atom stereocenters. The Labute approximate surface area is 109 Å². The van der Waals surface area contributed by atoms with Gasteiger partial charge in [-0.25, -0.2) is 9.59 Å². The lowest BCUT2D eigenvalue weighted by Gasteiger charge is -2.35. The monoisotopic (exact) mass is 256 g/mol. The number of carboxylic acid groups (broad SMARTS) is 1. The van der Waals surface area contributed by atoms with Crippen molar-refractivity contribution in [3.63, 3.8) is 0 Å². The fraction of sp³-hybridized carbons (Fsp3) is 0.846. The quantitative estimate of drug-likeness (QED) is 0.792. The smallest absolute Gasteiger partial charge is 0.326 e. The number of hydrogen-bond acceptors (Lipinski definition) is 2. The van der Waals surface area contributed by atoms with E-state index in [1.165, 1.54) is 0 Å². The summed E-state index contributed by atoms with van der Waals surface area (Å²) in [6.07, 6.45) is 5.34. The second-order valence-corrected chi connectivity index (χ2v) is 4.88. The number of carbonyl (C=O) groups is 2. The number of carbonyl (C=O) groups excluding carboxylic acids is 1. The van der Waals surface area contributed by atoms with Gasteiger partial charge in [0.2, 0.25) is 0 Å². The van der Waals surface area contributed by atoms with Crippen LogP contribution in [-0.4, -0.2) is 40.6 Å². The van der Waals surface area contributed by atoms with Gasteiger partial charge in [-0.1, -0.05) is 20.3 Å². The molecule has 1 rings (SSSR count). The minimum absolute atomic E-state index is 0.220. The van der Waals surface area contributed by atoms with Gasteiger partial charge in [-0.05, 0) is 32.1 Å². The number of rotatable bonds is 5. The number of carboxylic acids is 1. The Morgan fingerprint density at radius 2 is 2.11 bits per heavy atom. The zero-order chi connectivity index (χ0) is 13.5. The summed E-state index contributed by atoms with van der Waals surface area (Å²) >= 11 is 0. The number of urea groups is 1. The molecule has 104 valence electrons. The Balaban J connectivity index is 2.58. The first-order valence-electron chi connectivity index (χ1n) is 6.90. The third-order valence-corrected chi connectivity index (χ3v) is 3.53. The molecule has 1 fully saturated rings. The Morgan fingerprint density at radius 3 is 2.67 bits per heavy atom. The average Bonchev–Trinajstić information content (AvgIpc) is 2.37. The predicted molar refractivity (Wildman–Crippen MR) is 69.5 cm³/mol. The van der Waals surface area contributed by atoms with Crippen LogP contribution in [0.1, 0.15) is 52.4 Å². The molecule has 0 aromatic heterocycles. The molecule has 0 aromatic rings. The van der Waals surface area contributed by atoms with Gasteiger partial charge in [-0.2, -0.15) is 0 Å². The summed E-state index contributed by atoms with van der Waals surface area (Å²) in [5.74, 6) is -0.949. The molecular formula is C13H24N2O3. The fourth-order valence-corrected chi connectivity index (χ4v) is 2.47. The van der Waals surface area contributed by atoms with Crippen molar-refractivity contribution in [2.24, 2.45) is 0 Å². The molecule has 1 aliphatic rings. The molecule has 0 spiro atoms. The number of nitrogens with zero attached hydrogens (tertiary/aromatic N) is 1. The van der Waals surface area contributed by atoms with Crippen molar-refractivity contribution in [1.29, 1.82) is 0 Å². The fourth-order valence-electron chi connectivity index (χ4n) is 2.47. The summed E-state index contributed by atoms with van der Waals surface area (Å²) in [6.45, 7) is 4.72. The van der Waals surface area contributed by atoms with Crippen molar-refractivity contribution >= 4 is 12.0 Å². The van der Waals surface area contributed by atoms with Crippen molar-refractivity contribution in [2.75, 3.05) is 6.54 Å². The van der Waals surface area contributed by atoms with E-state index in [4.69, 9.17) is 5.11 Å². The van der Waals surface area contributed by atoms with E-state index in [0.29, 0.717) is 6.42 Å². The van der Waals surface area contributed by atoms with E-state index in [0.717, 1.165) is 38.6 Å². The lowest BCUT2D eigenvalue weighted by atomic mass is 10.0. The second kappa shape index (κ2) is 7.24. The first-order chi connectivity index (χ1) is 8.60. The van der Waals surface area contributed by atoms with Gasteiger partial charge in [0.05, 0.1) is 0 Å². The van der Waals surface area contributed by atoms with Crippen LogP contribution in [0.15, 0.2) is 0 Å². The molecule has 0 radical (unpaired) electrons. The molecule has 0 bridgehead atoms. The number of aliphatic carboxylic acids is 1. The molecule has 1 aliphatic heterocycles. The normalized spacial score (nSPS) is 21.4. The molecule has 5 nitrogen and oxygen atoms in total. The molecule has 1 heterocycles. The topological polar surface area (TPSA) is 69.6 Å². The summed E-state index contributed by atoms with van der Waals surface area (Å²) in [7, 11) is 0. The maximum absolute atomic E-state index is 12.1. The van der Waals surface area contributed by atoms with Crippen LogP contribution in [0.4, 0.5) is 4.79 Å². The van der Waals surface area contributed by atoms with Crippen molar-refractivity contribution in [3.8, 4) is 0 Å². The minimum atomic E-state index is -0.949. The number of amides is 2. The van der Waals surface area contributed by atoms with E-state index in [-0.39, 0.29) is 12.1 Å². The van der Waals surface area contributed by atoms with Gasteiger partial charge < -0.3 is 15.3 Å². The summed E-state index contributed by atoms with van der Waals surface area (Å²) < 4.78 is 0. The molecule has 0 aliphatic carbocycles. The number of likely N-dealkylation sites (tertiary alicyclic amines) is 1. The number of nitrogens with one attached hydrogen (secondary N) is 1. The van der Waals surface area contributed by atoms with Crippen LogP contribution in [0.25, 0.3) is 0 Å². The molecule has 0 saturated carbocycles. The highest BCUT2D eigenvalue weighted by atomic mass is 16.4. The first kappa shape index (κ1) is 14.8. The van der Waals surface area contributed by atoms with E-state index < -0.39 is 12.0 Å². The van der Waals surface area contributed by atoms with Crippen LogP contribution in [-0.2, 0) is 4.79 Å². The number of hydrogen-bond donors (Lipinski definition) is 2. The van der Waals surface area contributed by atoms with Crippen LogP contribution in [0.3, 0.4) is 0 Å². The van der Waals surface area contributed by atoms with Gasteiger partial charge in [-0.3, -0.25) is 0 Å². The molecule has 2 N–H and O–H groups in total. The molecule has 5 heteroatoms. The molecule has 18 heavy (non-hydrogen) atoms. The van der Waals surface area contributed by atoms with Gasteiger partial charge in [0, 0.05) is 12.6 Å². The zero-order valence-electron chi connectivity index (χ0n) is 11.3. The van der Waals surface area contributed by atoms with Crippen LogP contribution < -0.4 is 5.32 Å². The third kappa shape index (κ3) is 3.89. The van der Waals surface area contributed by atoms with Gasteiger partial charge in [0.25, 0.3) is 0 Å². The second-order valence-electron chi connectivity index (χ2n) is 4.88. The highest BCUT2D eigenvalue weighted by Gasteiger charge is 2.28. The van der Waals surface area contributed by atoms with Crippen molar-refractivity contribution in [3.05, 3.63) is 0 Å². The maximum Gasteiger partial charge on any atom is 0.326 e. The van der Waals surface area contributed by atoms with Crippen LogP contribution in [0, 0.1) is 0 Å². The SMILES string of the molecule is CCCC(NC(=O)N1CCCCC1CC)C(=O)O. The van der Waals surface area contributed by atoms with E-state index in [1.807, 2.05) is 6.92 Å². The van der Waals surface area contributed by atoms with E-state index in [2.05, 4.69) is 12.2 Å². The van der Waals surface area contributed by atoms with Gasteiger partial charge in [0.15, 0.2) is 0 Å². The highest BCUT2D eigenvalue weighted by molar-refractivity contribution is 5.82. The molecule has 0 aromatic carbocycles. The lowest BCUT2D eigenvalue weighted by Crippen LogP contribution is -2.52. The van der Waals surface area contributed by atoms with Crippen molar-refractivity contribution in [1.82, 2.24) is 10.2 Å². The Morgan fingerprint density at radius 1 is 1.39 bits per heavy atom. The Bertz CT molecular complexity index is 294. The highest BCUT2D eigenvalue weighted by Crippen LogP contribution is 2.19. The minimum Gasteiger partial charge on any atom is -0.480 e. The molecule has 1 saturated heterocycles. The van der Waals surface area contributed by atoms with E-state index >= 15 is 0 Å². The Kier molecular flexibility index (Phi) is 5.95. The average molecular weight is 256 g/mol. The third-order valence-electron chi connectivity index (χ3n) is 3.53. The number of piperidine rings is 1. The van der Waals surface area contributed by atoms with Crippen LogP contribution >= 0.6 is 0 Å². The summed E-state index contributed by atoms with van der Waals surface area (Å²) in [6, 6.07) is -0.723. The standard InChI is InChI=1S/C13H24N2O3/c1-3-7-11(12(16)17)14-13(18)15-9-6-5-8-10(15)4-2/h10-11H,3-9H2,1-2H3,(H,14,18)(H,16,17). The molecule has 2 unspecified atom stereocenters. The van der Waals surface area contributed by atoms with Crippen molar-refractivity contribution < 1.29 is 14.7 Å². The van der Waals surface area contributed by atoms with Gasteiger partial charge >= 0.3 is 12.0 Å². The molecular weight excluding hydrogens is 232 g/mol. The zero-order valence-corrected chi connectivity index (χ0v) is 11.3. The summed E-state index contributed by atoms with van der Waals surface area (Å²) in [5, 5.41) is 11.7. The van der Waals surface area contributed by atoms with E-state index in [9.17, 15) is 9.59 Å². The van der Waals surface area contributed by atoms with E-state index in [1.54, 1.807) is 4.90 Å². The lowest BCUT2D eigenvalue weighted by molar-refractivity contribution is -0.139. The van der Waals surface area contributed by atoms with Crippen molar-refractivity contribution in [2.45, 2.75) is 64.5 Å². The summed E-state index contributed by atoms with van der Waals surface area (Å²) in [5.41, 5.74) is 0. The Hall–Kier alpha value is -1.26. The maximum atomic E-state index is 12.1. The summed E-state index contributed by atoms with van der Waals surface area (Å²) in [4.78, 5) is 24.9. The van der Waals surface area contributed by atoms with Gasteiger partial charge in [0.1, 0.15) is 6.04 Å². The first-order valence-corrected chi connectivity index (χ1v) is 6.90. The largest absolute Gasteiger partial charge is 0.480 e. The van der Waals surface area contributed by atoms with Crippen LogP contribution in [0.2, 0.25) is 0 Å². The van der Waals surface area contributed by atoms with Gasteiger partial charge in [-0.15, -0.1) is 0 Å². The predicted octanol–water partition coefficient (Wildman–Crippen LogP) is 2.21. The van der Waals surface area contributed by atoms with Crippen LogP contribution in [0.5, 0.6) is 0 Å². The molecule has 2 amide bonds.